The molecule has 3 aromatic rings. The molecule has 0 amide bonds. The zero-order valence-electron chi connectivity index (χ0n) is 15.0. The molecule has 130 valence electrons. The van der Waals surface area contributed by atoms with Gasteiger partial charge in [-0.2, -0.15) is 5.26 Å². The summed E-state index contributed by atoms with van der Waals surface area (Å²) in [5.41, 5.74) is 2.51. The van der Waals surface area contributed by atoms with Gasteiger partial charge in [-0.1, -0.05) is 48.5 Å². The zero-order valence-corrected chi connectivity index (χ0v) is 15.0. The third kappa shape index (κ3) is 3.73. The minimum Gasteiger partial charge on any atom is -0.364 e. The van der Waals surface area contributed by atoms with Crippen LogP contribution in [0.25, 0.3) is 22.3 Å². The van der Waals surface area contributed by atoms with E-state index in [1.807, 2.05) is 57.2 Å². The van der Waals surface area contributed by atoms with Crippen LogP contribution >= 0.6 is 0 Å². The van der Waals surface area contributed by atoms with Crippen LogP contribution < -0.4 is 5.32 Å². The molecule has 0 aliphatic heterocycles. The zero-order chi connectivity index (χ0) is 18.7. The smallest absolute Gasteiger partial charge is 0.144 e. The number of hydrogen-bond donors (Lipinski definition) is 1. The lowest BCUT2D eigenvalue weighted by atomic mass is 9.98. The molecule has 2 aromatic carbocycles. The van der Waals surface area contributed by atoms with Gasteiger partial charge in [0.15, 0.2) is 0 Å². The minimum atomic E-state index is -0.319. The van der Waals surface area contributed by atoms with Crippen molar-refractivity contribution in [3.63, 3.8) is 0 Å². The van der Waals surface area contributed by atoms with Crippen LogP contribution in [-0.4, -0.2) is 10.5 Å². The lowest BCUT2D eigenvalue weighted by Crippen LogP contribution is -2.27. The molecule has 1 heterocycles. The number of anilines is 1. The van der Waals surface area contributed by atoms with Gasteiger partial charge >= 0.3 is 0 Å². The van der Waals surface area contributed by atoms with Gasteiger partial charge in [0.25, 0.3) is 0 Å². The van der Waals surface area contributed by atoms with E-state index in [2.05, 4.69) is 16.4 Å². The van der Waals surface area contributed by atoms with Crippen LogP contribution in [0, 0.1) is 17.1 Å². The van der Waals surface area contributed by atoms with Crippen LogP contribution in [0.1, 0.15) is 26.3 Å². The quantitative estimate of drug-likeness (QED) is 0.668. The van der Waals surface area contributed by atoms with E-state index in [4.69, 9.17) is 0 Å². The Hall–Kier alpha value is -3.19. The molecule has 0 bridgehead atoms. The molecule has 0 atom stereocenters. The summed E-state index contributed by atoms with van der Waals surface area (Å²) in [5, 5.41) is 12.7. The number of pyridine rings is 1. The molecule has 0 aliphatic carbocycles. The lowest BCUT2D eigenvalue weighted by Gasteiger charge is -2.22. The maximum Gasteiger partial charge on any atom is 0.144 e. The first-order valence-electron chi connectivity index (χ1n) is 8.42. The SMILES string of the molecule is CC(C)(C)Nc1ncc(-c2cccc(-c3ccccc3)c2F)cc1C#N. The van der Waals surface area contributed by atoms with E-state index < -0.39 is 0 Å². The summed E-state index contributed by atoms with van der Waals surface area (Å²) < 4.78 is 15.1. The largest absolute Gasteiger partial charge is 0.364 e. The van der Waals surface area contributed by atoms with Gasteiger partial charge in [-0.15, -0.1) is 0 Å². The summed E-state index contributed by atoms with van der Waals surface area (Å²) in [4.78, 5) is 4.35. The molecule has 4 heteroatoms. The fraction of sp³-hybridized carbons (Fsp3) is 0.182. The summed E-state index contributed by atoms with van der Waals surface area (Å²) in [6, 6.07) is 18.5. The van der Waals surface area contributed by atoms with Crippen molar-refractivity contribution >= 4 is 5.82 Å². The molecule has 0 saturated heterocycles. The third-order valence-electron chi connectivity index (χ3n) is 3.90. The van der Waals surface area contributed by atoms with Gasteiger partial charge in [-0.3, -0.25) is 0 Å². The van der Waals surface area contributed by atoms with Crippen LogP contribution in [0.5, 0.6) is 0 Å². The number of aromatic nitrogens is 1. The van der Waals surface area contributed by atoms with Crippen molar-refractivity contribution in [1.29, 1.82) is 5.26 Å². The fourth-order valence-electron chi connectivity index (χ4n) is 2.75. The second kappa shape index (κ2) is 6.97. The van der Waals surface area contributed by atoms with Crippen molar-refractivity contribution in [2.45, 2.75) is 26.3 Å². The Kier molecular flexibility index (Phi) is 4.73. The Morgan fingerprint density at radius 2 is 1.62 bits per heavy atom. The van der Waals surface area contributed by atoms with E-state index in [0.29, 0.717) is 28.1 Å². The molecule has 26 heavy (non-hydrogen) atoms. The van der Waals surface area contributed by atoms with Crippen LogP contribution in [0.3, 0.4) is 0 Å². The highest BCUT2D eigenvalue weighted by Crippen LogP contribution is 2.32. The van der Waals surface area contributed by atoms with Gasteiger partial charge in [0.2, 0.25) is 0 Å². The summed E-state index contributed by atoms with van der Waals surface area (Å²) in [5.74, 6) is 0.185. The minimum absolute atomic E-state index is 0.224. The summed E-state index contributed by atoms with van der Waals surface area (Å²) in [7, 11) is 0. The number of rotatable bonds is 3. The summed E-state index contributed by atoms with van der Waals surface area (Å²) in [6.07, 6.45) is 1.60. The molecule has 0 spiro atoms. The highest BCUT2D eigenvalue weighted by Gasteiger charge is 2.16. The Balaban J connectivity index is 2.07. The number of nitriles is 1. The van der Waals surface area contributed by atoms with Crippen molar-refractivity contribution < 1.29 is 4.39 Å². The van der Waals surface area contributed by atoms with E-state index >= 15 is 4.39 Å². The molecule has 3 nitrogen and oxygen atoms in total. The second-order valence-corrected chi connectivity index (χ2v) is 7.14. The molecular formula is C22H20FN3. The van der Waals surface area contributed by atoms with Crippen LogP contribution in [-0.2, 0) is 0 Å². The number of nitrogens with one attached hydrogen (secondary N) is 1. The standard InChI is InChI=1S/C22H20FN3/c1-22(2,3)26-21-16(13-24)12-17(14-25-21)19-11-7-10-18(20(19)23)15-8-5-4-6-9-15/h4-12,14H,1-3H3,(H,25,26). The van der Waals surface area contributed by atoms with Crippen LogP contribution in [0.2, 0.25) is 0 Å². The molecule has 0 aliphatic rings. The molecule has 0 radical (unpaired) electrons. The first kappa shape index (κ1) is 17.6. The average molecular weight is 345 g/mol. The maximum atomic E-state index is 15.1. The Bertz CT molecular complexity index is 967. The predicted octanol–water partition coefficient (Wildman–Crippen LogP) is 5.64. The highest BCUT2D eigenvalue weighted by atomic mass is 19.1. The predicted molar refractivity (Wildman–Crippen MR) is 103 cm³/mol. The van der Waals surface area contributed by atoms with E-state index in [0.717, 1.165) is 5.56 Å². The molecule has 0 fully saturated rings. The van der Waals surface area contributed by atoms with Crippen molar-refractivity contribution in [3.05, 3.63) is 72.2 Å². The van der Waals surface area contributed by atoms with E-state index in [-0.39, 0.29) is 11.4 Å². The number of hydrogen-bond acceptors (Lipinski definition) is 3. The van der Waals surface area contributed by atoms with Crippen molar-refractivity contribution in [2.75, 3.05) is 5.32 Å². The van der Waals surface area contributed by atoms with Crippen LogP contribution in [0.4, 0.5) is 10.2 Å². The van der Waals surface area contributed by atoms with Crippen molar-refractivity contribution in [1.82, 2.24) is 4.98 Å². The Labute approximate surface area is 153 Å². The lowest BCUT2D eigenvalue weighted by molar-refractivity contribution is 0.629. The first-order chi connectivity index (χ1) is 12.4. The Morgan fingerprint density at radius 1 is 0.962 bits per heavy atom. The number of benzene rings is 2. The fourth-order valence-corrected chi connectivity index (χ4v) is 2.75. The van der Waals surface area contributed by atoms with E-state index in [1.165, 1.54) is 0 Å². The molecule has 0 saturated carbocycles. The van der Waals surface area contributed by atoms with E-state index in [9.17, 15) is 5.26 Å². The van der Waals surface area contributed by atoms with Gasteiger partial charge < -0.3 is 5.32 Å². The van der Waals surface area contributed by atoms with Gasteiger partial charge in [0.1, 0.15) is 17.7 Å². The average Bonchev–Trinajstić information content (AvgIpc) is 2.62. The molecule has 3 rings (SSSR count). The highest BCUT2D eigenvalue weighted by molar-refractivity contribution is 5.75. The summed E-state index contributed by atoms with van der Waals surface area (Å²) in [6.45, 7) is 5.98. The number of nitrogens with zero attached hydrogens (tertiary/aromatic N) is 2. The van der Waals surface area contributed by atoms with Crippen molar-refractivity contribution in [3.8, 4) is 28.3 Å². The second-order valence-electron chi connectivity index (χ2n) is 7.14. The van der Waals surface area contributed by atoms with Gasteiger partial charge in [-0.25, -0.2) is 9.37 Å². The van der Waals surface area contributed by atoms with Crippen LogP contribution in [0.15, 0.2) is 60.8 Å². The normalized spacial score (nSPS) is 11.0. The van der Waals surface area contributed by atoms with Gasteiger partial charge in [0.05, 0.1) is 5.56 Å². The molecule has 1 N–H and O–H groups in total. The Morgan fingerprint density at radius 3 is 2.23 bits per heavy atom. The van der Waals surface area contributed by atoms with Gasteiger partial charge in [-0.05, 0) is 32.4 Å². The third-order valence-corrected chi connectivity index (χ3v) is 3.90. The maximum absolute atomic E-state index is 15.1. The topological polar surface area (TPSA) is 48.7 Å². The molecular weight excluding hydrogens is 325 g/mol. The van der Waals surface area contributed by atoms with Crippen molar-refractivity contribution in [2.24, 2.45) is 0 Å². The summed E-state index contributed by atoms with van der Waals surface area (Å²) >= 11 is 0. The molecule has 1 aromatic heterocycles. The van der Waals surface area contributed by atoms with E-state index in [1.54, 1.807) is 24.4 Å². The number of halogens is 1. The first-order valence-corrected chi connectivity index (χ1v) is 8.42. The van der Waals surface area contributed by atoms with Gasteiger partial charge in [0, 0.05) is 28.4 Å². The monoisotopic (exact) mass is 345 g/mol. The molecule has 0 unspecified atom stereocenters.